The molecule has 0 fully saturated rings. The van der Waals surface area contributed by atoms with Crippen molar-refractivity contribution in [2.45, 2.75) is 13.8 Å². The molecule has 4 rings (SSSR count). The highest BCUT2D eigenvalue weighted by Gasteiger charge is 2.10. The van der Waals surface area contributed by atoms with Crippen molar-refractivity contribution in [1.29, 1.82) is 0 Å². The molecule has 0 radical (unpaired) electrons. The number of imidazole rings is 1. The second-order valence-corrected chi connectivity index (χ2v) is 8.45. The molecule has 0 spiro atoms. The Morgan fingerprint density at radius 3 is 2.62 bits per heavy atom. The molecule has 0 unspecified atom stereocenters. The van der Waals surface area contributed by atoms with Gasteiger partial charge in [-0.15, -0.1) is 22.7 Å². The Morgan fingerprint density at radius 2 is 1.97 bits per heavy atom. The van der Waals surface area contributed by atoms with Crippen molar-refractivity contribution in [3.05, 3.63) is 88.4 Å². The molecule has 0 N–H and O–H groups in total. The topological polar surface area (TPSA) is 47.5 Å². The maximum atomic E-state index is 4.92. The number of thiophene rings is 1. The van der Waals surface area contributed by atoms with E-state index in [1.165, 1.54) is 4.88 Å². The van der Waals surface area contributed by atoms with E-state index in [2.05, 4.69) is 58.7 Å². The summed E-state index contributed by atoms with van der Waals surface area (Å²) in [6, 6.07) is 12.5. The minimum atomic E-state index is 0.596. The zero-order valence-electron chi connectivity index (χ0n) is 16.3. The summed E-state index contributed by atoms with van der Waals surface area (Å²) in [6.07, 6.45) is 5.50. The highest BCUT2D eigenvalue weighted by atomic mass is 32.1. The van der Waals surface area contributed by atoms with E-state index in [0.717, 1.165) is 33.0 Å². The van der Waals surface area contributed by atoms with E-state index in [0.29, 0.717) is 6.54 Å². The molecule has 4 aromatic rings. The molecular formula is C22H21N5S2. The lowest BCUT2D eigenvalue weighted by Crippen LogP contribution is -2.14. The van der Waals surface area contributed by atoms with Gasteiger partial charge < -0.3 is 4.57 Å². The molecule has 0 amide bonds. The number of nitrogens with zero attached hydrogens (tertiary/aromatic N) is 5. The van der Waals surface area contributed by atoms with Crippen molar-refractivity contribution in [2.24, 2.45) is 10.1 Å². The van der Waals surface area contributed by atoms with E-state index >= 15 is 0 Å². The van der Waals surface area contributed by atoms with E-state index in [-0.39, 0.29) is 0 Å². The monoisotopic (exact) mass is 419 g/mol. The van der Waals surface area contributed by atoms with Crippen LogP contribution >= 0.6 is 22.7 Å². The van der Waals surface area contributed by atoms with Crippen LogP contribution in [0.1, 0.15) is 19.4 Å². The van der Waals surface area contributed by atoms with Crippen LogP contribution in [0.25, 0.3) is 16.3 Å². The minimum absolute atomic E-state index is 0.596. The Morgan fingerprint density at radius 1 is 1.14 bits per heavy atom. The molecule has 0 aliphatic heterocycles. The molecule has 0 saturated carbocycles. The third-order valence-electron chi connectivity index (χ3n) is 4.28. The van der Waals surface area contributed by atoms with E-state index < -0.39 is 0 Å². The largest absolute Gasteiger partial charge is 0.306 e. The van der Waals surface area contributed by atoms with Gasteiger partial charge in [0.05, 0.1) is 29.2 Å². The summed E-state index contributed by atoms with van der Waals surface area (Å²) < 4.78 is 3.92. The Balaban J connectivity index is 1.73. The maximum absolute atomic E-state index is 4.92. The fourth-order valence-corrected chi connectivity index (χ4v) is 4.42. The molecule has 5 nitrogen and oxygen atoms in total. The number of hydrogen-bond donors (Lipinski definition) is 0. The Kier molecular flexibility index (Phi) is 5.69. The van der Waals surface area contributed by atoms with Crippen molar-refractivity contribution in [3.8, 4) is 16.3 Å². The maximum Gasteiger partial charge on any atom is 0.206 e. The van der Waals surface area contributed by atoms with E-state index in [4.69, 9.17) is 10.1 Å². The lowest BCUT2D eigenvalue weighted by Gasteiger charge is -2.07. The van der Waals surface area contributed by atoms with Crippen molar-refractivity contribution >= 4 is 28.4 Å². The molecule has 29 heavy (non-hydrogen) atoms. The fraction of sp³-hybridized carbons (Fsp3) is 0.136. The first kappa shape index (κ1) is 19.3. The van der Waals surface area contributed by atoms with Gasteiger partial charge >= 0.3 is 0 Å². The third kappa shape index (κ3) is 4.36. The van der Waals surface area contributed by atoms with Crippen LogP contribution in [0, 0.1) is 0 Å². The summed E-state index contributed by atoms with van der Waals surface area (Å²) in [7, 11) is 0. The minimum Gasteiger partial charge on any atom is -0.306 e. The molecule has 0 atom stereocenters. The highest BCUT2D eigenvalue weighted by molar-refractivity contribution is 7.14. The second kappa shape index (κ2) is 8.55. The van der Waals surface area contributed by atoms with Gasteiger partial charge in [-0.3, -0.25) is 4.99 Å². The molecule has 0 bridgehead atoms. The molecule has 3 aromatic heterocycles. The molecule has 1 aromatic carbocycles. The Labute approximate surface area is 177 Å². The van der Waals surface area contributed by atoms with Crippen molar-refractivity contribution in [2.75, 3.05) is 6.54 Å². The quantitative estimate of drug-likeness (QED) is 0.312. The first-order valence-electron chi connectivity index (χ1n) is 9.15. The predicted molar refractivity (Wildman–Crippen MR) is 122 cm³/mol. The number of thiazole rings is 1. The average molecular weight is 420 g/mol. The van der Waals surface area contributed by atoms with E-state index in [1.807, 2.05) is 29.3 Å². The molecule has 0 saturated heterocycles. The van der Waals surface area contributed by atoms with Crippen LogP contribution in [0.4, 0.5) is 0 Å². The van der Waals surface area contributed by atoms with E-state index in [9.17, 15) is 0 Å². The van der Waals surface area contributed by atoms with Crippen LogP contribution in [-0.4, -0.2) is 26.5 Å². The zero-order chi connectivity index (χ0) is 20.2. The average Bonchev–Trinajstić information content (AvgIpc) is 3.48. The van der Waals surface area contributed by atoms with Crippen LogP contribution in [0.2, 0.25) is 0 Å². The standard InChI is InChI=1S/C22H21N5S2/c1-16(2)13-24-22-27(20(14-29-22)21-5-4-12-28-21)25-17(3)18-6-8-19(9-7-18)26-11-10-23-15-26/h4-12,14-15H,1,13H2,2-3H3. The third-order valence-corrected chi connectivity index (χ3v) is 6.03. The molecule has 0 aliphatic rings. The number of benzene rings is 1. The Hall–Kier alpha value is -3.03. The molecule has 3 heterocycles. The van der Waals surface area contributed by atoms with Gasteiger partial charge in [0.25, 0.3) is 0 Å². The molecule has 146 valence electrons. The van der Waals surface area contributed by atoms with Crippen LogP contribution in [0.3, 0.4) is 0 Å². The van der Waals surface area contributed by atoms with Crippen molar-refractivity contribution in [1.82, 2.24) is 14.2 Å². The van der Waals surface area contributed by atoms with Gasteiger partial charge in [0.1, 0.15) is 0 Å². The van der Waals surface area contributed by atoms with Gasteiger partial charge in [-0.2, -0.15) is 5.10 Å². The number of hydrogen-bond acceptors (Lipinski definition) is 5. The van der Waals surface area contributed by atoms with Crippen LogP contribution in [0.15, 0.2) is 88.1 Å². The van der Waals surface area contributed by atoms with Gasteiger partial charge in [0, 0.05) is 23.5 Å². The first-order valence-corrected chi connectivity index (χ1v) is 10.9. The Bertz CT molecular complexity index is 1190. The summed E-state index contributed by atoms with van der Waals surface area (Å²) in [4.78, 5) is 10.8. The lowest BCUT2D eigenvalue weighted by molar-refractivity contribution is 0.832. The van der Waals surface area contributed by atoms with Crippen LogP contribution in [-0.2, 0) is 0 Å². The van der Waals surface area contributed by atoms with Crippen LogP contribution < -0.4 is 4.80 Å². The normalized spacial score (nSPS) is 12.5. The summed E-state index contributed by atoms with van der Waals surface area (Å²) in [6.45, 7) is 8.56. The SMILES string of the molecule is C=C(C)CN=c1scc(-c2cccs2)n1N=C(C)c1ccc(-n2ccnc2)cc1. The van der Waals surface area contributed by atoms with E-state index in [1.54, 1.807) is 35.2 Å². The number of aromatic nitrogens is 3. The predicted octanol–water partition coefficient (Wildman–Crippen LogP) is 5.21. The van der Waals surface area contributed by atoms with Gasteiger partial charge in [0.15, 0.2) is 0 Å². The lowest BCUT2D eigenvalue weighted by atomic mass is 10.1. The highest BCUT2D eigenvalue weighted by Crippen LogP contribution is 2.25. The van der Waals surface area contributed by atoms with Gasteiger partial charge in [-0.25, -0.2) is 9.66 Å². The molecule has 0 aliphatic carbocycles. The van der Waals surface area contributed by atoms with Gasteiger partial charge in [0.2, 0.25) is 4.80 Å². The molecular weight excluding hydrogens is 398 g/mol. The fourth-order valence-electron chi connectivity index (χ4n) is 2.80. The first-order chi connectivity index (χ1) is 14.1. The van der Waals surface area contributed by atoms with Gasteiger partial charge in [-0.1, -0.05) is 30.4 Å². The second-order valence-electron chi connectivity index (χ2n) is 6.67. The summed E-state index contributed by atoms with van der Waals surface area (Å²) in [5.74, 6) is 0. The summed E-state index contributed by atoms with van der Waals surface area (Å²) >= 11 is 3.30. The summed E-state index contributed by atoms with van der Waals surface area (Å²) in [5.41, 5.74) is 5.14. The van der Waals surface area contributed by atoms with Gasteiger partial charge in [-0.05, 0) is 43.0 Å². The van der Waals surface area contributed by atoms with Crippen molar-refractivity contribution in [3.63, 3.8) is 0 Å². The van der Waals surface area contributed by atoms with Crippen LogP contribution in [0.5, 0.6) is 0 Å². The molecule has 7 heteroatoms. The number of rotatable bonds is 6. The zero-order valence-corrected chi connectivity index (χ0v) is 18.0. The van der Waals surface area contributed by atoms with Crippen molar-refractivity contribution < 1.29 is 0 Å². The smallest absolute Gasteiger partial charge is 0.206 e. The summed E-state index contributed by atoms with van der Waals surface area (Å²) in [5, 5.41) is 9.11.